The van der Waals surface area contributed by atoms with Crippen molar-refractivity contribution in [3.63, 3.8) is 0 Å². The topological polar surface area (TPSA) is 21.3 Å². The Morgan fingerprint density at radius 3 is 3.00 bits per heavy atom. The van der Waals surface area contributed by atoms with Crippen LogP contribution in [0, 0.1) is 5.92 Å². The summed E-state index contributed by atoms with van der Waals surface area (Å²) in [6.45, 7) is 4.08. The van der Waals surface area contributed by atoms with Gasteiger partial charge in [0, 0.05) is 17.5 Å². The molecule has 2 heterocycles. The second-order valence-corrected chi connectivity index (χ2v) is 7.16. The van der Waals surface area contributed by atoms with Gasteiger partial charge in [-0.15, -0.1) is 11.3 Å². The third kappa shape index (κ3) is 2.71. The lowest BCUT2D eigenvalue weighted by Crippen LogP contribution is -2.48. The van der Waals surface area contributed by atoms with E-state index in [2.05, 4.69) is 17.6 Å². The molecule has 2 atom stereocenters. The molecule has 4 heteroatoms. The van der Waals surface area contributed by atoms with Gasteiger partial charge in [-0.2, -0.15) is 0 Å². The zero-order valence-electron chi connectivity index (χ0n) is 11.5. The Morgan fingerprint density at radius 2 is 2.42 bits per heavy atom. The van der Waals surface area contributed by atoms with Gasteiger partial charge in [0.1, 0.15) is 0 Å². The van der Waals surface area contributed by atoms with E-state index in [-0.39, 0.29) is 5.60 Å². The first-order valence-electron chi connectivity index (χ1n) is 7.34. The number of nitrogens with one attached hydrogen (secondary N) is 1. The highest BCUT2D eigenvalue weighted by Crippen LogP contribution is 2.48. The fraction of sp³-hybridized carbons (Fsp3) is 0.733. The molecule has 2 fully saturated rings. The second kappa shape index (κ2) is 5.72. The fourth-order valence-electron chi connectivity index (χ4n) is 3.49. The molecule has 3 rings (SSSR count). The van der Waals surface area contributed by atoms with E-state index in [1.165, 1.54) is 30.6 Å². The molecule has 2 nitrogen and oxygen atoms in total. The highest BCUT2D eigenvalue weighted by atomic mass is 35.5. The smallest absolute Gasteiger partial charge is 0.0686 e. The Morgan fingerprint density at radius 1 is 1.58 bits per heavy atom. The molecule has 0 radical (unpaired) electrons. The summed E-state index contributed by atoms with van der Waals surface area (Å²) in [5.74, 6) is 0.658. The van der Waals surface area contributed by atoms with E-state index in [4.69, 9.17) is 16.3 Å². The third-order valence-corrected chi connectivity index (χ3v) is 6.06. The maximum Gasteiger partial charge on any atom is 0.0686 e. The van der Waals surface area contributed by atoms with Crippen molar-refractivity contribution in [2.45, 2.75) is 50.7 Å². The average molecular weight is 300 g/mol. The van der Waals surface area contributed by atoms with E-state index in [1.54, 1.807) is 11.3 Å². The Kier molecular flexibility index (Phi) is 4.18. The van der Waals surface area contributed by atoms with Crippen molar-refractivity contribution >= 4 is 22.9 Å². The van der Waals surface area contributed by atoms with Gasteiger partial charge < -0.3 is 10.1 Å². The van der Waals surface area contributed by atoms with Crippen LogP contribution in [0.15, 0.2) is 11.4 Å². The van der Waals surface area contributed by atoms with Crippen molar-refractivity contribution in [2.75, 3.05) is 13.2 Å². The molecule has 1 aromatic heterocycles. The molecule has 0 bridgehead atoms. The molecule has 1 aromatic rings. The maximum atomic E-state index is 6.35. The number of thiophene rings is 1. The van der Waals surface area contributed by atoms with Gasteiger partial charge in [-0.05, 0) is 56.0 Å². The monoisotopic (exact) mass is 299 g/mol. The minimum absolute atomic E-state index is 0.209. The van der Waals surface area contributed by atoms with E-state index < -0.39 is 0 Å². The van der Waals surface area contributed by atoms with Crippen LogP contribution in [0.5, 0.6) is 0 Å². The zero-order chi connectivity index (χ0) is 13.3. The van der Waals surface area contributed by atoms with Gasteiger partial charge >= 0.3 is 0 Å². The summed E-state index contributed by atoms with van der Waals surface area (Å²) in [5, 5.41) is 6.67. The summed E-state index contributed by atoms with van der Waals surface area (Å²) in [7, 11) is 0. The Labute approximate surface area is 124 Å². The van der Waals surface area contributed by atoms with Gasteiger partial charge in [0.05, 0.1) is 10.6 Å². The van der Waals surface area contributed by atoms with Crippen LogP contribution in [-0.2, 0) is 4.74 Å². The third-order valence-electron chi connectivity index (χ3n) is 4.62. The quantitative estimate of drug-likeness (QED) is 0.889. The van der Waals surface area contributed by atoms with Crippen molar-refractivity contribution < 1.29 is 4.74 Å². The Bertz CT molecular complexity index is 430. The van der Waals surface area contributed by atoms with Crippen LogP contribution < -0.4 is 5.32 Å². The normalized spacial score (nSPS) is 27.2. The standard InChI is InChI=1S/C15H22ClNOS/c1-2-17-13(14-12(16)5-9-19-14)11-4-8-18-15(10-11)6-3-7-15/h5,9,11,13,17H,2-4,6-8,10H2,1H3. The minimum atomic E-state index is 0.209. The van der Waals surface area contributed by atoms with Crippen LogP contribution in [0.4, 0.5) is 0 Å². The van der Waals surface area contributed by atoms with Gasteiger partial charge in [0.2, 0.25) is 0 Å². The molecular formula is C15H22ClNOS. The summed E-state index contributed by atoms with van der Waals surface area (Å²) < 4.78 is 6.05. The van der Waals surface area contributed by atoms with Crippen molar-refractivity contribution in [1.29, 1.82) is 0 Å². The predicted molar refractivity (Wildman–Crippen MR) is 81.0 cm³/mol. The van der Waals surface area contributed by atoms with Crippen molar-refractivity contribution in [1.82, 2.24) is 5.32 Å². The molecule has 2 unspecified atom stereocenters. The number of ether oxygens (including phenoxy) is 1. The van der Waals surface area contributed by atoms with Crippen LogP contribution in [0.3, 0.4) is 0 Å². The van der Waals surface area contributed by atoms with Crippen molar-refractivity contribution in [2.24, 2.45) is 5.92 Å². The SMILES string of the molecule is CCNC(c1sccc1Cl)C1CCOC2(CCC2)C1. The second-order valence-electron chi connectivity index (χ2n) is 5.81. The lowest BCUT2D eigenvalue weighted by atomic mass is 9.70. The minimum Gasteiger partial charge on any atom is -0.375 e. The molecule has 1 aliphatic heterocycles. The van der Waals surface area contributed by atoms with Crippen molar-refractivity contribution in [3.8, 4) is 0 Å². The summed E-state index contributed by atoms with van der Waals surface area (Å²) in [5.41, 5.74) is 0.209. The lowest BCUT2D eigenvalue weighted by Gasteiger charge is -2.48. The molecule has 106 valence electrons. The molecule has 2 aliphatic rings. The van der Waals surface area contributed by atoms with Crippen LogP contribution in [0.1, 0.15) is 49.9 Å². The first kappa shape index (κ1) is 13.9. The largest absolute Gasteiger partial charge is 0.375 e. The summed E-state index contributed by atoms with van der Waals surface area (Å²) in [6.07, 6.45) is 6.17. The fourth-order valence-corrected chi connectivity index (χ4v) is 4.83. The first-order valence-corrected chi connectivity index (χ1v) is 8.60. The Hall–Kier alpha value is -0.0900. The van der Waals surface area contributed by atoms with Gasteiger partial charge in [-0.1, -0.05) is 18.5 Å². The van der Waals surface area contributed by atoms with Gasteiger partial charge in [0.25, 0.3) is 0 Å². The van der Waals surface area contributed by atoms with Gasteiger partial charge in [0.15, 0.2) is 0 Å². The molecule has 1 aliphatic carbocycles. The number of hydrogen-bond donors (Lipinski definition) is 1. The molecule has 1 N–H and O–H groups in total. The van der Waals surface area contributed by atoms with Crippen molar-refractivity contribution in [3.05, 3.63) is 21.3 Å². The van der Waals surface area contributed by atoms with E-state index >= 15 is 0 Å². The molecule has 1 saturated heterocycles. The number of rotatable bonds is 4. The van der Waals surface area contributed by atoms with E-state index in [0.29, 0.717) is 12.0 Å². The molecular weight excluding hydrogens is 278 g/mol. The number of halogens is 1. The Balaban J connectivity index is 1.78. The van der Waals surface area contributed by atoms with Gasteiger partial charge in [-0.25, -0.2) is 0 Å². The lowest BCUT2D eigenvalue weighted by molar-refractivity contribution is -0.147. The van der Waals surface area contributed by atoms with Crippen LogP contribution >= 0.6 is 22.9 Å². The zero-order valence-corrected chi connectivity index (χ0v) is 13.0. The predicted octanol–water partition coefficient (Wildman–Crippen LogP) is 4.40. The highest BCUT2D eigenvalue weighted by molar-refractivity contribution is 7.10. The van der Waals surface area contributed by atoms with E-state index in [9.17, 15) is 0 Å². The molecule has 0 amide bonds. The first-order chi connectivity index (χ1) is 9.24. The average Bonchev–Trinajstić information content (AvgIpc) is 2.80. The van der Waals surface area contributed by atoms with Crippen LogP contribution in [-0.4, -0.2) is 18.8 Å². The summed E-state index contributed by atoms with van der Waals surface area (Å²) in [4.78, 5) is 1.31. The van der Waals surface area contributed by atoms with Crippen LogP contribution in [0.25, 0.3) is 0 Å². The maximum absolute atomic E-state index is 6.35. The number of hydrogen-bond acceptors (Lipinski definition) is 3. The highest BCUT2D eigenvalue weighted by Gasteiger charge is 2.44. The summed E-state index contributed by atoms with van der Waals surface area (Å²) in [6, 6.07) is 2.42. The van der Waals surface area contributed by atoms with E-state index in [0.717, 1.165) is 24.6 Å². The van der Waals surface area contributed by atoms with Gasteiger partial charge in [-0.3, -0.25) is 0 Å². The van der Waals surface area contributed by atoms with Crippen LogP contribution in [0.2, 0.25) is 5.02 Å². The molecule has 1 saturated carbocycles. The molecule has 19 heavy (non-hydrogen) atoms. The summed E-state index contributed by atoms with van der Waals surface area (Å²) >= 11 is 8.13. The van der Waals surface area contributed by atoms with E-state index in [1.807, 2.05) is 6.07 Å². The molecule has 1 spiro atoms. The molecule has 0 aromatic carbocycles.